The van der Waals surface area contributed by atoms with Crippen LogP contribution in [0.5, 0.6) is 0 Å². The van der Waals surface area contributed by atoms with Gasteiger partial charge in [-0.25, -0.2) is 18.4 Å². The number of benzene rings is 2. The number of aromatic amines is 1. The van der Waals surface area contributed by atoms with Gasteiger partial charge >= 0.3 is 5.97 Å². The lowest BCUT2D eigenvalue weighted by atomic mass is 9.95. The molecule has 1 amide bonds. The largest absolute Gasteiger partial charge is 0.449 e. The number of hydrogen-bond acceptors (Lipinski definition) is 5. The van der Waals surface area contributed by atoms with Crippen LogP contribution in [0.25, 0.3) is 10.9 Å². The SMILES string of the molecule is CC(OC(=O)c1ccc2[nH]c3c(c2c1)CCCC3)C(=O)Nc1ccc(S(N)(=O)=O)cc1. The number of nitrogens with two attached hydrogens (primary N) is 1. The first-order valence-electron chi connectivity index (χ1n) is 10.0. The highest BCUT2D eigenvalue weighted by Crippen LogP contribution is 2.30. The normalized spacial score (nSPS) is 14.6. The van der Waals surface area contributed by atoms with Gasteiger partial charge in [0.15, 0.2) is 6.10 Å². The van der Waals surface area contributed by atoms with Crippen molar-refractivity contribution in [2.75, 3.05) is 5.32 Å². The molecule has 1 aromatic heterocycles. The zero-order valence-electron chi connectivity index (χ0n) is 17.0. The minimum Gasteiger partial charge on any atom is -0.449 e. The van der Waals surface area contributed by atoms with Gasteiger partial charge in [-0.05, 0) is 80.6 Å². The fraction of sp³-hybridized carbons (Fsp3) is 0.273. The maximum Gasteiger partial charge on any atom is 0.338 e. The van der Waals surface area contributed by atoms with E-state index in [2.05, 4.69) is 10.3 Å². The molecule has 0 fully saturated rings. The van der Waals surface area contributed by atoms with E-state index in [1.807, 2.05) is 12.1 Å². The maximum absolute atomic E-state index is 12.6. The quantitative estimate of drug-likeness (QED) is 0.524. The number of hydrogen-bond donors (Lipinski definition) is 3. The van der Waals surface area contributed by atoms with Gasteiger partial charge in [0.25, 0.3) is 5.91 Å². The van der Waals surface area contributed by atoms with Gasteiger partial charge in [0.2, 0.25) is 10.0 Å². The van der Waals surface area contributed by atoms with E-state index >= 15 is 0 Å². The summed E-state index contributed by atoms with van der Waals surface area (Å²) in [5, 5.41) is 8.67. The second-order valence-electron chi connectivity index (χ2n) is 7.66. The van der Waals surface area contributed by atoms with Crippen molar-refractivity contribution in [1.29, 1.82) is 0 Å². The van der Waals surface area contributed by atoms with Gasteiger partial charge in [-0.1, -0.05) is 0 Å². The zero-order chi connectivity index (χ0) is 22.2. The van der Waals surface area contributed by atoms with Crippen LogP contribution >= 0.6 is 0 Å². The fourth-order valence-corrected chi connectivity index (χ4v) is 4.30. The number of H-pyrrole nitrogens is 1. The van der Waals surface area contributed by atoms with Crippen LogP contribution in [-0.4, -0.2) is 31.4 Å². The van der Waals surface area contributed by atoms with E-state index in [4.69, 9.17) is 9.88 Å². The molecule has 0 bridgehead atoms. The van der Waals surface area contributed by atoms with Crippen LogP contribution in [0.1, 0.15) is 41.4 Å². The highest BCUT2D eigenvalue weighted by molar-refractivity contribution is 7.89. The Labute approximate surface area is 179 Å². The first-order valence-corrected chi connectivity index (χ1v) is 11.6. The van der Waals surface area contributed by atoms with E-state index in [1.165, 1.54) is 42.4 Å². The van der Waals surface area contributed by atoms with E-state index < -0.39 is 28.0 Å². The molecule has 8 nitrogen and oxygen atoms in total. The third-order valence-corrected chi connectivity index (χ3v) is 6.37. The van der Waals surface area contributed by atoms with E-state index in [-0.39, 0.29) is 4.90 Å². The summed E-state index contributed by atoms with van der Waals surface area (Å²) in [6.07, 6.45) is 3.24. The monoisotopic (exact) mass is 441 g/mol. The van der Waals surface area contributed by atoms with Crippen molar-refractivity contribution < 1.29 is 22.7 Å². The summed E-state index contributed by atoms with van der Waals surface area (Å²) >= 11 is 0. The average molecular weight is 442 g/mol. The third kappa shape index (κ3) is 4.47. The molecule has 4 N–H and O–H groups in total. The maximum atomic E-state index is 12.6. The van der Waals surface area contributed by atoms with Crippen LogP contribution in [-0.2, 0) is 32.4 Å². The van der Waals surface area contributed by atoms with Crippen LogP contribution in [0.4, 0.5) is 5.69 Å². The number of amides is 1. The number of anilines is 1. The van der Waals surface area contributed by atoms with Crippen LogP contribution in [0.15, 0.2) is 47.4 Å². The molecule has 1 heterocycles. The number of aryl methyl sites for hydroxylation is 2. The van der Waals surface area contributed by atoms with Crippen molar-refractivity contribution in [2.45, 2.75) is 43.6 Å². The molecular weight excluding hydrogens is 418 g/mol. The molecule has 0 saturated carbocycles. The summed E-state index contributed by atoms with van der Waals surface area (Å²) in [5.41, 5.74) is 4.23. The van der Waals surface area contributed by atoms with Gasteiger partial charge in [-0.3, -0.25) is 4.79 Å². The molecule has 162 valence electrons. The minimum atomic E-state index is -3.81. The highest BCUT2D eigenvalue weighted by atomic mass is 32.2. The Morgan fingerprint density at radius 2 is 1.81 bits per heavy atom. The number of carbonyl (C=O) groups is 2. The van der Waals surface area contributed by atoms with Gasteiger partial charge in [-0.15, -0.1) is 0 Å². The molecule has 0 saturated heterocycles. The first-order chi connectivity index (χ1) is 14.7. The number of ether oxygens (including phenoxy) is 1. The number of aromatic nitrogens is 1. The van der Waals surface area contributed by atoms with E-state index in [0.717, 1.165) is 36.6 Å². The predicted molar refractivity (Wildman–Crippen MR) is 116 cm³/mol. The topological polar surface area (TPSA) is 131 Å². The van der Waals surface area contributed by atoms with Gasteiger partial charge in [0.1, 0.15) is 0 Å². The Hall–Kier alpha value is -3.17. The molecule has 31 heavy (non-hydrogen) atoms. The van der Waals surface area contributed by atoms with Crippen molar-refractivity contribution in [3.8, 4) is 0 Å². The van der Waals surface area contributed by atoms with Crippen molar-refractivity contribution in [3.63, 3.8) is 0 Å². The lowest BCUT2D eigenvalue weighted by Gasteiger charge is -2.14. The molecule has 0 aliphatic heterocycles. The Morgan fingerprint density at radius 1 is 1.10 bits per heavy atom. The third-order valence-electron chi connectivity index (χ3n) is 5.44. The molecule has 1 atom stereocenters. The Bertz CT molecular complexity index is 1260. The summed E-state index contributed by atoms with van der Waals surface area (Å²) in [4.78, 5) is 28.4. The zero-order valence-corrected chi connectivity index (χ0v) is 17.8. The van der Waals surface area contributed by atoms with Gasteiger partial charge in [0, 0.05) is 22.3 Å². The molecule has 1 aliphatic carbocycles. The molecule has 0 spiro atoms. The van der Waals surface area contributed by atoms with Crippen LogP contribution in [0.3, 0.4) is 0 Å². The van der Waals surface area contributed by atoms with Gasteiger partial charge in [0.05, 0.1) is 10.5 Å². The molecule has 0 radical (unpaired) electrons. The number of nitrogens with one attached hydrogen (secondary N) is 2. The molecular formula is C22H23N3O5S. The lowest BCUT2D eigenvalue weighted by Crippen LogP contribution is -2.30. The standard InChI is InChI=1S/C22H23N3O5S/c1-13(21(26)24-15-7-9-16(10-8-15)31(23,28)29)30-22(27)14-6-11-20-18(12-14)17-4-2-3-5-19(17)25-20/h6-13,25H,2-5H2,1H3,(H,24,26)(H2,23,28,29). The van der Waals surface area contributed by atoms with Crippen LogP contribution in [0, 0.1) is 0 Å². The lowest BCUT2D eigenvalue weighted by molar-refractivity contribution is -0.123. The number of carbonyl (C=O) groups excluding carboxylic acids is 2. The molecule has 3 aromatic rings. The average Bonchev–Trinajstić information content (AvgIpc) is 3.11. The molecule has 4 rings (SSSR count). The van der Waals surface area contributed by atoms with Crippen molar-refractivity contribution in [3.05, 3.63) is 59.3 Å². The Balaban J connectivity index is 1.43. The van der Waals surface area contributed by atoms with Crippen molar-refractivity contribution in [2.24, 2.45) is 5.14 Å². The van der Waals surface area contributed by atoms with Gasteiger partial charge < -0.3 is 15.0 Å². The Kier molecular flexibility index (Phi) is 5.55. The number of primary sulfonamides is 1. The predicted octanol–water partition coefficient (Wildman–Crippen LogP) is 2.88. The summed E-state index contributed by atoms with van der Waals surface area (Å²) in [6.45, 7) is 1.47. The molecule has 1 unspecified atom stereocenters. The highest BCUT2D eigenvalue weighted by Gasteiger charge is 2.21. The minimum absolute atomic E-state index is 0.0627. The van der Waals surface area contributed by atoms with Crippen molar-refractivity contribution in [1.82, 2.24) is 4.98 Å². The second kappa shape index (κ2) is 8.16. The summed E-state index contributed by atoms with van der Waals surface area (Å²) in [6, 6.07) is 10.8. The summed E-state index contributed by atoms with van der Waals surface area (Å²) < 4.78 is 28.0. The molecule has 9 heteroatoms. The van der Waals surface area contributed by atoms with E-state index in [0.29, 0.717) is 11.3 Å². The fourth-order valence-electron chi connectivity index (χ4n) is 3.79. The number of esters is 1. The van der Waals surface area contributed by atoms with Crippen LogP contribution < -0.4 is 10.5 Å². The second-order valence-corrected chi connectivity index (χ2v) is 9.22. The van der Waals surface area contributed by atoms with Crippen LogP contribution in [0.2, 0.25) is 0 Å². The number of rotatable bonds is 5. The van der Waals surface area contributed by atoms with E-state index in [9.17, 15) is 18.0 Å². The number of sulfonamides is 1. The molecule has 2 aromatic carbocycles. The summed E-state index contributed by atoms with van der Waals surface area (Å²) in [7, 11) is -3.81. The van der Waals surface area contributed by atoms with Gasteiger partial charge in [-0.2, -0.15) is 0 Å². The summed E-state index contributed by atoms with van der Waals surface area (Å²) in [5.74, 6) is -1.11. The Morgan fingerprint density at radius 3 is 2.52 bits per heavy atom. The molecule has 1 aliphatic rings. The number of fused-ring (bicyclic) bond motifs is 3. The smallest absolute Gasteiger partial charge is 0.338 e. The van der Waals surface area contributed by atoms with E-state index in [1.54, 1.807) is 6.07 Å². The van der Waals surface area contributed by atoms with Crippen molar-refractivity contribution >= 4 is 38.5 Å². The first kappa shape index (κ1) is 21.1.